The van der Waals surface area contributed by atoms with E-state index < -0.39 is 0 Å². The van der Waals surface area contributed by atoms with Gasteiger partial charge >= 0.3 is 0 Å². The van der Waals surface area contributed by atoms with E-state index in [1.807, 2.05) is 13.0 Å². The standard InChI is InChI=1S/C13H18BrN3O/c1-8-5-11(7-16-12(8)14)17-13(18)9-3-2-4-10(15)6-9/h5,7,9-10H,2-4,6,15H2,1H3,(H,17,18). The second-order valence-corrected chi connectivity index (χ2v) is 5.70. The number of rotatable bonds is 2. The molecule has 0 bridgehead atoms. The van der Waals surface area contributed by atoms with Crippen molar-refractivity contribution in [2.45, 2.75) is 38.6 Å². The van der Waals surface area contributed by atoms with E-state index in [1.54, 1.807) is 6.20 Å². The summed E-state index contributed by atoms with van der Waals surface area (Å²) in [5.41, 5.74) is 7.66. The minimum Gasteiger partial charge on any atom is -0.328 e. The first-order valence-electron chi connectivity index (χ1n) is 6.25. The summed E-state index contributed by atoms with van der Waals surface area (Å²) in [6.45, 7) is 1.95. The highest BCUT2D eigenvalue weighted by Gasteiger charge is 2.25. The Bertz CT molecular complexity index is 450. The first-order chi connectivity index (χ1) is 8.56. The van der Waals surface area contributed by atoms with E-state index in [0.29, 0.717) is 0 Å². The van der Waals surface area contributed by atoms with Gasteiger partial charge in [-0.15, -0.1) is 0 Å². The van der Waals surface area contributed by atoms with Crippen molar-refractivity contribution in [1.82, 2.24) is 4.98 Å². The number of nitrogens with two attached hydrogens (primary N) is 1. The molecular formula is C13H18BrN3O. The summed E-state index contributed by atoms with van der Waals surface area (Å²) in [6.07, 6.45) is 5.45. The van der Waals surface area contributed by atoms with Crippen molar-refractivity contribution in [3.63, 3.8) is 0 Å². The van der Waals surface area contributed by atoms with Crippen LogP contribution in [0, 0.1) is 12.8 Å². The van der Waals surface area contributed by atoms with Gasteiger partial charge in [0.2, 0.25) is 5.91 Å². The number of nitrogens with zero attached hydrogens (tertiary/aromatic N) is 1. The Morgan fingerprint density at radius 2 is 2.33 bits per heavy atom. The minimum atomic E-state index is 0.0395. The van der Waals surface area contributed by atoms with Gasteiger partial charge in [0.1, 0.15) is 4.60 Å². The molecular weight excluding hydrogens is 294 g/mol. The van der Waals surface area contributed by atoms with Crippen LogP contribution in [0.4, 0.5) is 5.69 Å². The summed E-state index contributed by atoms with van der Waals surface area (Å²) >= 11 is 3.34. The van der Waals surface area contributed by atoms with E-state index in [0.717, 1.165) is 41.5 Å². The van der Waals surface area contributed by atoms with Crippen LogP contribution in [0.5, 0.6) is 0 Å². The van der Waals surface area contributed by atoms with Gasteiger partial charge < -0.3 is 11.1 Å². The Hall–Kier alpha value is -0.940. The predicted octanol–water partition coefficient (Wildman–Crippen LogP) is 2.61. The molecule has 0 aliphatic heterocycles. The zero-order valence-corrected chi connectivity index (χ0v) is 12.0. The van der Waals surface area contributed by atoms with Crippen molar-refractivity contribution in [2.75, 3.05) is 5.32 Å². The molecule has 1 aromatic heterocycles. The van der Waals surface area contributed by atoms with Gasteiger partial charge in [0.25, 0.3) is 0 Å². The van der Waals surface area contributed by atoms with Crippen LogP contribution >= 0.6 is 15.9 Å². The molecule has 1 amide bonds. The molecule has 4 nitrogen and oxygen atoms in total. The topological polar surface area (TPSA) is 68.0 Å². The van der Waals surface area contributed by atoms with Crippen molar-refractivity contribution in [2.24, 2.45) is 11.7 Å². The third kappa shape index (κ3) is 3.29. The molecule has 1 saturated carbocycles. The van der Waals surface area contributed by atoms with Crippen LogP contribution in [0.25, 0.3) is 0 Å². The average Bonchev–Trinajstić information content (AvgIpc) is 2.34. The Kier molecular flexibility index (Phi) is 4.35. The van der Waals surface area contributed by atoms with E-state index in [9.17, 15) is 4.79 Å². The normalized spacial score (nSPS) is 23.7. The summed E-state index contributed by atoms with van der Waals surface area (Å²) in [7, 11) is 0. The molecule has 2 atom stereocenters. The van der Waals surface area contributed by atoms with Crippen LogP contribution in [-0.2, 0) is 4.79 Å². The number of pyridine rings is 1. The van der Waals surface area contributed by atoms with E-state index in [2.05, 4.69) is 26.2 Å². The van der Waals surface area contributed by atoms with Gasteiger partial charge in [-0.1, -0.05) is 6.42 Å². The molecule has 0 spiro atoms. The van der Waals surface area contributed by atoms with Crippen molar-refractivity contribution in [1.29, 1.82) is 0 Å². The van der Waals surface area contributed by atoms with Crippen LogP contribution in [0.1, 0.15) is 31.2 Å². The lowest BCUT2D eigenvalue weighted by molar-refractivity contribution is -0.120. The largest absolute Gasteiger partial charge is 0.328 e. The third-order valence-electron chi connectivity index (χ3n) is 3.37. The van der Waals surface area contributed by atoms with E-state index in [4.69, 9.17) is 5.73 Å². The fourth-order valence-corrected chi connectivity index (χ4v) is 2.55. The molecule has 1 aliphatic carbocycles. The Balaban J connectivity index is 2.00. The zero-order valence-electron chi connectivity index (χ0n) is 10.4. The lowest BCUT2D eigenvalue weighted by Crippen LogP contribution is -2.34. The molecule has 2 rings (SSSR count). The molecule has 3 N–H and O–H groups in total. The summed E-state index contributed by atoms with van der Waals surface area (Å²) in [4.78, 5) is 16.3. The third-order valence-corrected chi connectivity index (χ3v) is 4.20. The predicted molar refractivity (Wildman–Crippen MR) is 75.2 cm³/mol. The highest BCUT2D eigenvalue weighted by Crippen LogP contribution is 2.25. The maximum absolute atomic E-state index is 12.1. The van der Waals surface area contributed by atoms with Gasteiger partial charge in [-0.05, 0) is 53.7 Å². The Morgan fingerprint density at radius 3 is 3.00 bits per heavy atom. The van der Waals surface area contributed by atoms with Gasteiger partial charge in [0.05, 0.1) is 11.9 Å². The summed E-state index contributed by atoms with van der Waals surface area (Å²) in [5, 5.41) is 2.92. The number of amides is 1. The summed E-state index contributed by atoms with van der Waals surface area (Å²) in [5.74, 6) is 0.103. The fourth-order valence-electron chi connectivity index (χ4n) is 2.34. The first-order valence-corrected chi connectivity index (χ1v) is 7.04. The smallest absolute Gasteiger partial charge is 0.227 e. The molecule has 0 radical (unpaired) electrons. The van der Waals surface area contributed by atoms with Crippen LogP contribution in [0.3, 0.4) is 0 Å². The van der Waals surface area contributed by atoms with Gasteiger partial charge in [-0.3, -0.25) is 4.79 Å². The van der Waals surface area contributed by atoms with Crippen molar-refractivity contribution < 1.29 is 4.79 Å². The number of anilines is 1. The number of aromatic nitrogens is 1. The van der Waals surface area contributed by atoms with Crippen LogP contribution < -0.4 is 11.1 Å². The molecule has 1 fully saturated rings. The molecule has 0 aromatic carbocycles. The molecule has 1 heterocycles. The van der Waals surface area contributed by atoms with Crippen molar-refractivity contribution in [3.8, 4) is 0 Å². The first kappa shape index (κ1) is 13.5. The lowest BCUT2D eigenvalue weighted by Gasteiger charge is -2.25. The maximum Gasteiger partial charge on any atom is 0.227 e. The van der Waals surface area contributed by atoms with Gasteiger partial charge in [-0.25, -0.2) is 4.98 Å². The molecule has 98 valence electrons. The molecule has 1 aromatic rings. The Labute approximate surface area is 115 Å². The zero-order chi connectivity index (χ0) is 13.1. The number of nitrogens with one attached hydrogen (secondary N) is 1. The minimum absolute atomic E-state index is 0.0395. The van der Waals surface area contributed by atoms with Crippen molar-refractivity contribution >= 4 is 27.5 Å². The van der Waals surface area contributed by atoms with Crippen molar-refractivity contribution in [3.05, 3.63) is 22.4 Å². The number of carbonyl (C=O) groups is 1. The monoisotopic (exact) mass is 311 g/mol. The molecule has 2 unspecified atom stereocenters. The quantitative estimate of drug-likeness (QED) is 0.825. The van der Waals surface area contributed by atoms with Crippen LogP contribution in [0.2, 0.25) is 0 Å². The number of hydrogen-bond donors (Lipinski definition) is 2. The van der Waals surface area contributed by atoms with E-state index >= 15 is 0 Å². The van der Waals surface area contributed by atoms with Gasteiger partial charge in [0.15, 0.2) is 0 Å². The van der Waals surface area contributed by atoms with E-state index in [-0.39, 0.29) is 17.9 Å². The Morgan fingerprint density at radius 1 is 1.56 bits per heavy atom. The molecule has 5 heteroatoms. The lowest BCUT2D eigenvalue weighted by atomic mass is 9.85. The summed E-state index contributed by atoms with van der Waals surface area (Å²) < 4.78 is 0.806. The van der Waals surface area contributed by atoms with Gasteiger partial charge in [-0.2, -0.15) is 0 Å². The second-order valence-electron chi connectivity index (χ2n) is 4.94. The highest BCUT2D eigenvalue weighted by molar-refractivity contribution is 9.10. The van der Waals surface area contributed by atoms with Crippen LogP contribution in [0.15, 0.2) is 16.9 Å². The second kappa shape index (κ2) is 5.80. The molecule has 1 aliphatic rings. The SMILES string of the molecule is Cc1cc(NC(=O)C2CCCC(N)C2)cnc1Br. The average molecular weight is 312 g/mol. The highest BCUT2D eigenvalue weighted by atomic mass is 79.9. The molecule has 0 saturated heterocycles. The summed E-state index contributed by atoms with van der Waals surface area (Å²) in [6, 6.07) is 2.08. The van der Waals surface area contributed by atoms with Gasteiger partial charge in [0, 0.05) is 12.0 Å². The number of aryl methyl sites for hydroxylation is 1. The maximum atomic E-state index is 12.1. The number of carbonyl (C=O) groups excluding carboxylic acids is 1. The van der Waals surface area contributed by atoms with Crippen LogP contribution in [-0.4, -0.2) is 16.9 Å². The number of halogens is 1. The molecule has 18 heavy (non-hydrogen) atoms. The fraction of sp³-hybridized carbons (Fsp3) is 0.538. The van der Waals surface area contributed by atoms with E-state index in [1.165, 1.54) is 0 Å². The number of hydrogen-bond acceptors (Lipinski definition) is 3.